The van der Waals surface area contributed by atoms with E-state index in [4.69, 9.17) is 4.74 Å². The lowest BCUT2D eigenvalue weighted by Gasteiger charge is -2.26. The van der Waals surface area contributed by atoms with Gasteiger partial charge in [0.05, 0.1) is 18.7 Å². The third-order valence-electron chi connectivity index (χ3n) is 4.42. The lowest BCUT2D eigenvalue weighted by atomic mass is 10.1. The van der Waals surface area contributed by atoms with Gasteiger partial charge < -0.3 is 9.64 Å². The van der Waals surface area contributed by atoms with Gasteiger partial charge in [-0.25, -0.2) is 18.9 Å². The Morgan fingerprint density at radius 1 is 1.48 bits per heavy atom. The van der Waals surface area contributed by atoms with Crippen molar-refractivity contribution in [3.63, 3.8) is 0 Å². The second-order valence-electron chi connectivity index (χ2n) is 6.50. The van der Waals surface area contributed by atoms with Gasteiger partial charge in [0.1, 0.15) is 5.82 Å². The summed E-state index contributed by atoms with van der Waals surface area (Å²) in [5, 5.41) is 2.82. The molecule has 2 N–H and O–H groups in total. The first kappa shape index (κ1) is 23.9. The summed E-state index contributed by atoms with van der Waals surface area (Å²) in [6.07, 6.45) is 2.54. The summed E-state index contributed by atoms with van der Waals surface area (Å²) in [5.74, 6) is 0.373. The molecule has 2 aliphatic rings. The van der Waals surface area contributed by atoms with E-state index in [1.807, 2.05) is 19.4 Å². The zero-order chi connectivity index (χ0) is 22.2. The molecule has 1 aromatic carbocycles. The minimum atomic E-state index is -0.267. The zero-order valence-corrected chi connectivity index (χ0v) is 20.3. The van der Waals surface area contributed by atoms with Crippen LogP contribution in [0.5, 0.6) is 0 Å². The van der Waals surface area contributed by atoms with Crippen molar-refractivity contribution in [1.82, 2.24) is 19.3 Å². The summed E-state index contributed by atoms with van der Waals surface area (Å²) in [7, 11) is 1.87. The first-order chi connectivity index (χ1) is 15.0. The average molecular weight is 528 g/mol. The van der Waals surface area contributed by atoms with E-state index in [0.717, 1.165) is 34.0 Å². The van der Waals surface area contributed by atoms with Crippen molar-refractivity contribution < 1.29 is 13.9 Å². The fraction of sp³-hybridized carbons (Fsp3) is 0.350. The predicted molar refractivity (Wildman–Crippen MR) is 126 cm³/mol. The van der Waals surface area contributed by atoms with Gasteiger partial charge in [-0.1, -0.05) is 22.0 Å². The average Bonchev–Trinajstić information content (AvgIpc) is 3.42. The molecule has 0 radical (unpaired) electrons. The Kier molecular flexibility index (Phi) is 9.02. The van der Waals surface area contributed by atoms with Crippen molar-refractivity contribution in [1.29, 1.82) is 0 Å². The van der Waals surface area contributed by atoms with Gasteiger partial charge in [-0.05, 0) is 32.2 Å². The van der Waals surface area contributed by atoms with Gasteiger partial charge in [0.25, 0.3) is 0 Å². The van der Waals surface area contributed by atoms with E-state index in [1.54, 1.807) is 29.7 Å². The van der Waals surface area contributed by atoms with E-state index in [2.05, 4.69) is 40.3 Å². The molecule has 1 fully saturated rings. The first-order valence-electron chi connectivity index (χ1n) is 9.63. The van der Waals surface area contributed by atoms with Crippen LogP contribution in [0.3, 0.4) is 0 Å². The van der Waals surface area contributed by atoms with E-state index < -0.39 is 0 Å². The van der Waals surface area contributed by atoms with Crippen LogP contribution >= 0.6 is 39.4 Å². The molecule has 1 atom stereocenters. The molecule has 1 aromatic heterocycles. The molecule has 166 valence electrons. The van der Waals surface area contributed by atoms with Crippen LogP contribution in [0, 0.1) is 5.82 Å². The number of hydrogen-bond donors (Lipinski definition) is 2. The molecular weight excluding hydrogens is 505 g/mol. The molecule has 0 amide bonds. The van der Waals surface area contributed by atoms with Crippen LogP contribution in [-0.4, -0.2) is 54.5 Å². The predicted octanol–water partition coefficient (Wildman–Crippen LogP) is 3.76. The number of nitrogens with one attached hydrogen (secondary N) is 2. The monoisotopic (exact) mass is 527 g/mol. The van der Waals surface area contributed by atoms with Crippen LogP contribution in [-0.2, 0) is 9.53 Å². The van der Waals surface area contributed by atoms with E-state index in [9.17, 15) is 9.18 Å². The van der Waals surface area contributed by atoms with Gasteiger partial charge in [0.15, 0.2) is 10.8 Å². The van der Waals surface area contributed by atoms with E-state index >= 15 is 0 Å². The third-order valence-corrected chi connectivity index (χ3v) is 6.34. The van der Waals surface area contributed by atoms with Crippen molar-refractivity contribution in [2.24, 2.45) is 4.99 Å². The lowest BCUT2D eigenvalue weighted by molar-refractivity contribution is -0.138. The highest BCUT2D eigenvalue weighted by Gasteiger charge is 2.37. The number of carbonyl (C=O) groups excluding carboxylic acids is 1. The number of thiazole rings is 1. The van der Waals surface area contributed by atoms with Crippen LogP contribution in [0.25, 0.3) is 0 Å². The SMILES string of the molecule is CCOC(=O)C1=C2CC(NSNC)CN2C(c2nccs2)=NC1.Fc1cccc(Br)c1. The minimum Gasteiger partial charge on any atom is -0.463 e. The molecule has 2 aliphatic heterocycles. The lowest BCUT2D eigenvalue weighted by Crippen LogP contribution is -2.36. The number of ether oxygens (including phenoxy) is 1. The van der Waals surface area contributed by atoms with Crippen LogP contribution < -0.4 is 9.44 Å². The molecule has 1 saturated heterocycles. The second-order valence-corrected chi connectivity index (χ2v) is 9.16. The van der Waals surface area contributed by atoms with Crippen LogP contribution in [0.2, 0.25) is 0 Å². The highest BCUT2D eigenvalue weighted by molar-refractivity contribution is 9.10. The molecular formula is C20H23BrFN5O2S2. The molecule has 11 heteroatoms. The summed E-state index contributed by atoms with van der Waals surface area (Å²) in [5.41, 5.74) is 1.66. The molecule has 2 aromatic rings. The molecule has 3 heterocycles. The Labute approximate surface area is 197 Å². The summed E-state index contributed by atoms with van der Waals surface area (Å²) in [6, 6.07) is 6.49. The number of amidine groups is 1. The Hall–Kier alpha value is -1.79. The molecule has 0 spiro atoms. The number of fused-ring (bicyclic) bond motifs is 1. The Morgan fingerprint density at radius 3 is 2.94 bits per heavy atom. The van der Waals surface area contributed by atoms with Crippen molar-refractivity contribution in [3.05, 3.63) is 62.4 Å². The molecule has 0 saturated carbocycles. The number of esters is 1. The highest BCUT2D eigenvalue weighted by Crippen LogP contribution is 2.32. The van der Waals surface area contributed by atoms with E-state index in [-0.39, 0.29) is 17.8 Å². The number of carbonyl (C=O) groups is 1. The van der Waals surface area contributed by atoms with E-state index in [0.29, 0.717) is 18.7 Å². The van der Waals surface area contributed by atoms with Crippen molar-refractivity contribution in [2.75, 3.05) is 26.7 Å². The zero-order valence-electron chi connectivity index (χ0n) is 17.1. The second kappa shape index (κ2) is 11.7. The third kappa shape index (κ3) is 6.36. The van der Waals surface area contributed by atoms with Gasteiger partial charge in [-0.3, -0.25) is 9.71 Å². The maximum Gasteiger partial charge on any atom is 0.337 e. The number of rotatable bonds is 6. The van der Waals surface area contributed by atoms with Crippen LogP contribution in [0.1, 0.15) is 18.4 Å². The van der Waals surface area contributed by atoms with E-state index in [1.165, 1.54) is 24.3 Å². The Bertz CT molecular complexity index is 938. The number of benzene rings is 1. The Morgan fingerprint density at radius 2 is 2.32 bits per heavy atom. The van der Waals surface area contributed by atoms with Gasteiger partial charge in [0, 0.05) is 52.9 Å². The quantitative estimate of drug-likeness (QED) is 0.437. The largest absolute Gasteiger partial charge is 0.463 e. The summed E-state index contributed by atoms with van der Waals surface area (Å²) in [6.45, 7) is 3.29. The minimum absolute atomic E-state index is 0.209. The van der Waals surface area contributed by atoms with Crippen molar-refractivity contribution in [3.8, 4) is 0 Å². The standard InChI is InChI=1S/C14H19N5O2S2.C6H4BrF/c1-3-21-14(20)10-7-17-12(13-16-4-5-22-13)19-8-9(6-11(10)19)18-23-15-2;7-5-2-1-3-6(8)4-5/h4-5,9,15,18H,3,6-8H2,1-2H3;1-4H. The van der Waals surface area contributed by atoms with Gasteiger partial charge in [-0.15, -0.1) is 11.3 Å². The number of nitrogens with zero attached hydrogens (tertiary/aromatic N) is 3. The summed E-state index contributed by atoms with van der Waals surface area (Å²) >= 11 is 6.13. The van der Waals surface area contributed by atoms with Gasteiger partial charge in [0.2, 0.25) is 0 Å². The molecule has 7 nitrogen and oxygen atoms in total. The number of aromatic nitrogens is 1. The number of aliphatic imine (C=N–C) groups is 1. The molecule has 1 unspecified atom stereocenters. The van der Waals surface area contributed by atoms with Crippen LogP contribution in [0.15, 0.2) is 56.6 Å². The fourth-order valence-electron chi connectivity index (χ4n) is 3.17. The normalized spacial score (nSPS) is 17.6. The van der Waals surface area contributed by atoms with Gasteiger partial charge >= 0.3 is 5.97 Å². The number of hydrogen-bond acceptors (Lipinski definition) is 9. The van der Waals surface area contributed by atoms with Crippen molar-refractivity contribution >= 4 is 51.2 Å². The summed E-state index contributed by atoms with van der Waals surface area (Å²) in [4.78, 5) is 23.3. The highest BCUT2D eigenvalue weighted by atomic mass is 79.9. The van der Waals surface area contributed by atoms with Gasteiger partial charge in [-0.2, -0.15) is 0 Å². The number of halogens is 2. The topological polar surface area (TPSA) is 78.9 Å². The van der Waals surface area contributed by atoms with Crippen molar-refractivity contribution in [2.45, 2.75) is 19.4 Å². The molecule has 31 heavy (non-hydrogen) atoms. The van der Waals surface area contributed by atoms with Crippen LogP contribution in [0.4, 0.5) is 4.39 Å². The molecule has 0 aliphatic carbocycles. The smallest absolute Gasteiger partial charge is 0.337 e. The maximum atomic E-state index is 12.2. The maximum absolute atomic E-state index is 12.2. The fourth-order valence-corrected chi connectivity index (χ4v) is 4.63. The Balaban J connectivity index is 0.000000287. The summed E-state index contributed by atoms with van der Waals surface area (Å²) < 4.78 is 24.5. The molecule has 0 bridgehead atoms. The molecule has 4 rings (SSSR count). The first-order valence-corrected chi connectivity index (χ1v) is 12.1.